The molecule has 0 N–H and O–H groups in total. The molecule has 1 aromatic rings. The molecule has 0 amide bonds. The van der Waals surface area contributed by atoms with Gasteiger partial charge in [0.15, 0.2) is 5.78 Å². The van der Waals surface area contributed by atoms with Gasteiger partial charge in [-0.3, -0.25) is 4.79 Å². The minimum Gasteiger partial charge on any atom is -0.381 e. The number of ether oxygens (including phenoxy) is 1. The standard InChI is InChI=1S/C12H15FO2/c1-2-7-15-8-6-12(14)10-4-3-5-11(13)9-10/h3-5,9H,2,6-8H2,1H3. The van der Waals surface area contributed by atoms with Crippen LogP contribution in [0.15, 0.2) is 24.3 Å². The molecule has 0 saturated heterocycles. The van der Waals surface area contributed by atoms with E-state index in [1.54, 1.807) is 6.07 Å². The van der Waals surface area contributed by atoms with Crippen molar-refractivity contribution in [2.75, 3.05) is 13.2 Å². The van der Waals surface area contributed by atoms with E-state index >= 15 is 0 Å². The lowest BCUT2D eigenvalue weighted by Gasteiger charge is -2.02. The number of rotatable bonds is 6. The molecule has 1 aromatic carbocycles. The molecule has 0 fully saturated rings. The molecule has 0 spiro atoms. The molecule has 0 aliphatic rings. The Balaban J connectivity index is 2.40. The fourth-order valence-electron chi connectivity index (χ4n) is 1.22. The Hall–Kier alpha value is -1.22. The number of hydrogen-bond acceptors (Lipinski definition) is 2. The molecule has 82 valence electrons. The third kappa shape index (κ3) is 4.21. The van der Waals surface area contributed by atoms with Gasteiger partial charge in [0.1, 0.15) is 5.82 Å². The normalized spacial score (nSPS) is 10.3. The second-order valence-corrected chi connectivity index (χ2v) is 3.30. The Morgan fingerprint density at radius 3 is 2.87 bits per heavy atom. The van der Waals surface area contributed by atoms with Gasteiger partial charge in [0, 0.05) is 18.6 Å². The summed E-state index contributed by atoms with van der Waals surface area (Å²) in [7, 11) is 0. The summed E-state index contributed by atoms with van der Waals surface area (Å²) in [5.74, 6) is -0.457. The molecule has 0 aliphatic carbocycles. The zero-order chi connectivity index (χ0) is 11.1. The first-order valence-corrected chi connectivity index (χ1v) is 5.10. The van der Waals surface area contributed by atoms with E-state index in [1.807, 2.05) is 6.92 Å². The summed E-state index contributed by atoms with van der Waals surface area (Å²) in [6.45, 7) is 3.08. The number of carbonyl (C=O) groups is 1. The van der Waals surface area contributed by atoms with Gasteiger partial charge in [0.2, 0.25) is 0 Å². The van der Waals surface area contributed by atoms with Crippen molar-refractivity contribution in [2.45, 2.75) is 19.8 Å². The molecule has 0 heterocycles. The second-order valence-electron chi connectivity index (χ2n) is 3.30. The minimum absolute atomic E-state index is 0.0781. The van der Waals surface area contributed by atoms with E-state index in [-0.39, 0.29) is 11.6 Å². The highest BCUT2D eigenvalue weighted by molar-refractivity contribution is 5.96. The maximum Gasteiger partial charge on any atom is 0.165 e. The van der Waals surface area contributed by atoms with Crippen molar-refractivity contribution < 1.29 is 13.9 Å². The first-order valence-electron chi connectivity index (χ1n) is 5.10. The predicted octanol–water partition coefficient (Wildman–Crippen LogP) is 2.83. The fraction of sp³-hybridized carbons (Fsp3) is 0.417. The van der Waals surface area contributed by atoms with Crippen LogP contribution in [0.4, 0.5) is 4.39 Å². The van der Waals surface area contributed by atoms with Crippen LogP contribution >= 0.6 is 0 Å². The van der Waals surface area contributed by atoms with E-state index in [2.05, 4.69) is 0 Å². The van der Waals surface area contributed by atoms with E-state index in [0.717, 1.165) is 6.42 Å². The van der Waals surface area contributed by atoms with Gasteiger partial charge in [-0.1, -0.05) is 19.1 Å². The van der Waals surface area contributed by atoms with Crippen molar-refractivity contribution in [3.05, 3.63) is 35.6 Å². The number of ketones is 1. The van der Waals surface area contributed by atoms with E-state index in [9.17, 15) is 9.18 Å². The van der Waals surface area contributed by atoms with Crippen LogP contribution in [-0.4, -0.2) is 19.0 Å². The van der Waals surface area contributed by atoms with Gasteiger partial charge in [-0.15, -0.1) is 0 Å². The fourth-order valence-corrected chi connectivity index (χ4v) is 1.22. The van der Waals surface area contributed by atoms with Crippen LogP contribution in [0, 0.1) is 5.82 Å². The first kappa shape index (κ1) is 11.9. The third-order valence-electron chi connectivity index (χ3n) is 1.97. The smallest absolute Gasteiger partial charge is 0.165 e. The molecule has 0 aromatic heterocycles. The van der Waals surface area contributed by atoms with Gasteiger partial charge in [0.05, 0.1) is 6.61 Å². The van der Waals surface area contributed by atoms with E-state index in [0.29, 0.717) is 25.2 Å². The van der Waals surface area contributed by atoms with E-state index in [1.165, 1.54) is 18.2 Å². The van der Waals surface area contributed by atoms with Crippen molar-refractivity contribution in [3.8, 4) is 0 Å². The highest BCUT2D eigenvalue weighted by Crippen LogP contribution is 2.06. The molecule has 1 rings (SSSR count). The van der Waals surface area contributed by atoms with Crippen LogP contribution in [0.5, 0.6) is 0 Å². The first-order chi connectivity index (χ1) is 7.24. The quantitative estimate of drug-likeness (QED) is 0.533. The van der Waals surface area contributed by atoms with Crippen LogP contribution in [-0.2, 0) is 4.74 Å². The van der Waals surface area contributed by atoms with E-state index in [4.69, 9.17) is 4.74 Å². The van der Waals surface area contributed by atoms with Gasteiger partial charge in [0.25, 0.3) is 0 Å². The third-order valence-corrected chi connectivity index (χ3v) is 1.97. The van der Waals surface area contributed by atoms with Crippen molar-refractivity contribution in [1.82, 2.24) is 0 Å². The lowest BCUT2D eigenvalue weighted by Crippen LogP contribution is -2.05. The van der Waals surface area contributed by atoms with Crippen LogP contribution in [0.1, 0.15) is 30.1 Å². The van der Waals surface area contributed by atoms with Crippen molar-refractivity contribution in [1.29, 1.82) is 0 Å². The zero-order valence-corrected chi connectivity index (χ0v) is 8.83. The summed E-state index contributed by atoms with van der Waals surface area (Å²) in [5.41, 5.74) is 0.412. The van der Waals surface area contributed by atoms with Crippen molar-refractivity contribution in [3.63, 3.8) is 0 Å². The SMILES string of the molecule is CCCOCCC(=O)c1cccc(F)c1. The molecule has 0 saturated carbocycles. The molecule has 3 heteroatoms. The average molecular weight is 210 g/mol. The topological polar surface area (TPSA) is 26.3 Å². The highest BCUT2D eigenvalue weighted by atomic mass is 19.1. The molecule has 0 unspecified atom stereocenters. The summed E-state index contributed by atoms with van der Waals surface area (Å²) >= 11 is 0. The number of hydrogen-bond donors (Lipinski definition) is 0. The van der Waals surface area contributed by atoms with Gasteiger partial charge in [-0.25, -0.2) is 4.39 Å². The Kier molecular flexibility index (Phi) is 4.98. The molecule has 0 radical (unpaired) electrons. The number of carbonyl (C=O) groups excluding carboxylic acids is 1. The largest absolute Gasteiger partial charge is 0.381 e. The second kappa shape index (κ2) is 6.30. The van der Waals surface area contributed by atoms with Gasteiger partial charge >= 0.3 is 0 Å². The molecule has 0 bridgehead atoms. The molecular weight excluding hydrogens is 195 g/mol. The summed E-state index contributed by atoms with van der Waals surface area (Å²) in [4.78, 5) is 11.5. The van der Waals surface area contributed by atoms with Gasteiger partial charge < -0.3 is 4.74 Å². The van der Waals surface area contributed by atoms with Crippen LogP contribution in [0.25, 0.3) is 0 Å². The summed E-state index contributed by atoms with van der Waals surface area (Å²) < 4.78 is 18.0. The predicted molar refractivity (Wildman–Crippen MR) is 56.5 cm³/mol. The molecule has 0 atom stereocenters. The zero-order valence-electron chi connectivity index (χ0n) is 8.83. The van der Waals surface area contributed by atoms with E-state index < -0.39 is 0 Å². The number of Topliss-reactive ketones (excluding diaryl/α,β-unsaturated/α-hetero) is 1. The highest BCUT2D eigenvalue weighted by Gasteiger charge is 2.05. The minimum atomic E-state index is -0.379. The molecule has 15 heavy (non-hydrogen) atoms. The maximum atomic E-state index is 12.8. The lowest BCUT2D eigenvalue weighted by atomic mass is 10.1. The lowest BCUT2D eigenvalue weighted by molar-refractivity contribution is 0.0878. The number of benzene rings is 1. The molecule has 0 aliphatic heterocycles. The maximum absolute atomic E-state index is 12.8. The average Bonchev–Trinajstić information content (AvgIpc) is 2.24. The van der Waals surface area contributed by atoms with Gasteiger partial charge in [-0.2, -0.15) is 0 Å². The summed E-state index contributed by atoms with van der Waals surface area (Å²) in [6.07, 6.45) is 1.25. The van der Waals surface area contributed by atoms with Gasteiger partial charge in [-0.05, 0) is 18.6 Å². The van der Waals surface area contributed by atoms with Crippen LogP contribution in [0.3, 0.4) is 0 Å². The Morgan fingerprint density at radius 2 is 2.20 bits per heavy atom. The molecular formula is C12H15FO2. The Bertz CT molecular complexity index is 323. The number of halogens is 1. The Morgan fingerprint density at radius 1 is 1.40 bits per heavy atom. The Labute approximate surface area is 89.1 Å². The monoisotopic (exact) mass is 210 g/mol. The molecule has 2 nitrogen and oxygen atoms in total. The van der Waals surface area contributed by atoms with Crippen molar-refractivity contribution in [2.24, 2.45) is 0 Å². The van der Waals surface area contributed by atoms with Crippen molar-refractivity contribution >= 4 is 5.78 Å². The summed E-state index contributed by atoms with van der Waals surface area (Å²) in [5, 5.41) is 0. The van der Waals surface area contributed by atoms with Crippen LogP contribution < -0.4 is 0 Å². The summed E-state index contributed by atoms with van der Waals surface area (Å²) in [6, 6.07) is 5.73. The van der Waals surface area contributed by atoms with Crippen LogP contribution in [0.2, 0.25) is 0 Å².